The number of nitrogens with two attached hydrogens (primary N) is 2. The largest absolute Gasteiger partial charge is 0.366 e. The Bertz CT molecular complexity index is 548. The van der Waals surface area contributed by atoms with Gasteiger partial charge in [0.25, 0.3) is 5.91 Å². The molecule has 0 spiro atoms. The summed E-state index contributed by atoms with van der Waals surface area (Å²) < 4.78 is 13.4. The zero-order valence-corrected chi connectivity index (χ0v) is 11.8. The molecular formula is C15H20FN3O2. The van der Waals surface area contributed by atoms with Gasteiger partial charge in [0.05, 0.1) is 5.56 Å². The maximum Gasteiger partial charge on any atom is 0.251 e. The maximum atomic E-state index is 13.4. The molecule has 2 rings (SSSR count). The monoisotopic (exact) mass is 293 g/mol. The Balaban J connectivity index is 2.12. The molecule has 1 aliphatic rings. The lowest BCUT2D eigenvalue weighted by Crippen LogP contribution is -2.35. The summed E-state index contributed by atoms with van der Waals surface area (Å²) in [5.41, 5.74) is 11.0. The summed E-state index contributed by atoms with van der Waals surface area (Å²) in [7, 11) is 0. The van der Waals surface area contributed by atoms with Gasteiger partial charge in [0.2, 0.25) is 5.91 Å². The van der Waals surface area contributed by atoms with Gasteiger partial charge in [0, 0.05) is 11.6 Å². The summed E-state index contributed by atoms with van der Waals surface area (Å²) in [6.07, 6.45) is 3.85. The number of carbonyl (C=O) groups excluding carboxylic acids is 2. The van der Waals surface area contributed by atoms with Gasteiger partial charge >= 0.3 is 0 Å². The van der Waals surface area contributed by atoms with Crippen LogP contribution in [0.3, 0.4) is 0 Å². The first-order chi connectivity index (χ1) is 10.0. The smallest absolute Gasteiger partial charge is 0.251 e. The normalized spacial score (nSPS) is 21.8. The van der Waals surface area contributed by atoms with Crippen LogP contribution in [-0.2, 0) is 4.79 Å². The molecule has 114 valence electrons. The van der Waals surface area contributed by atoms with Crippen LogP contribution >= 0.6 is 0 Å². The number of halogens is 1. The van der Waals surface area contributed by atoms with E-state index in [0.717, 1.165) is 31.7 Å². The standard InChI is InChI=1S/C15H20FN3O2/c16-13-6-5-10(7-12(13)14(18)20)19-15(21)11-4-2-1-3-9(11)8-17/h5-7,9,11H,1-4,8,17H2,(H2,18,20)(H,19,21). The van der Waals surface area contributed by atoms with Crippen molar-refractivity contribution >= 4 is 17.5 Å². The Kier molecular flexibility index (Phi) is 4.90. The van der Waals surface area contributed by atoms with Crippen LogP contribution in [-0.4, -0.2) is 18.4 Å². The zero-order chi connectivity index (χ0) is 15.4. The van der Waals surface area contributed by atoms with Crippen molar-refractivity contribution < 1.29 is 14.0 Å². The molecule has 0 bridgehead atoms. The molecule has 2 unspecified atom stereocenters. The van der Waals surface area contributed by atoms with Crippen LogP contribution < -0.4 is 16.8 Å². The number of carbonyl (C=O) groups is 2. The molecule has 6 heteroatoms. The highest BCUT2D eigenvalue weighted by Gasteiger charge is 2.30. The second kappa shape index (κ2) is 6.67. The van der Waals surface area contributed by atoms with Crippen LogP contribution in [0.2, 0.25) is 0 Å². The van der Waals surface area contributed by atoms with E-state index in [1.165, 1.54) is 12.1 Å². The van der Waals surface area contributed by atoms with Crippen molar-refractivity contribution in [2.24, 2.45) is 23.3 Å². The van der Waals surface area contributed by atoms with Gasteiger partial charge in [-0.15, -0.1) is 0 Å². The van der Waals surface area contributed by atoms with E-state index in [9.17, 15) is 14.0 Å². The molecule has 0 radical (unpaired) electrons. The second-order valence-electron chi connectivity index (χ2n) is 5.43. The molecule has 5 nitrogen and oxygen atoms in total. The molecule has 1 fully saturated rings. The molecular weight excluding hydrogens is 273 g/mol. The number of amides is 2. The quantitative estimate of drug-likeness (QED) is 0.786. The van der Waals surface area contributed by atoms with Gasteiger partial charge in [0.1, 0.15) is 5.82 Å². The summed E-state index contributed by atoms with van der Waals surface area (Å²) in [6, 6.07) is 3.80. The van der Waals surface area contributed by atoms with Crippen molar-refractivity contribution in [2.75, 3.05) is 11.9 Å². The van der Waals surface area contributed by atoms with E-state index in [2.05, 4.69) is 5.32 Å². The molecule has 2 atom stereocenters. The van der Waals surface area contributed by atoms with Crippen LogP contribution in [0.5, 0.6) is 0 Å². The van der Waals surface area contributed by atoms with Crippen LogP contribution in [0.4, 0.5) is 10.1 Å². The van der Waals surface area contributed by atoms with Gasteiger partial charge in [-0.25, -0.2) is 4.39 Å². The fraction of sp³-hybridized carbons (Fsp3) is 0.467. The molecule has 21 heavy (non-hydrogen) atoms. The summed E-state index contributed by atoms with van der Waals surface area (Å²) in [6.45, 7) is 0.480. The topological polar surface area (TPSA) is 98.2 Å². The fourth-order valence-corrected chi connectivity index (χ4v) is 2.86. The fourth-order valence-electron chi connectivity index (χ4n) is 2.86. The highest BCUT2D eigenvalue weighted by molar-refractivity contribution is 5.97. The van der Waals surface area contributed by atoms with Crippen molar-refractivity contribution in [1.29, 1.82) is 0 Å². The summed E-state index contributed by atoms with van der Waals surface area (Å²) in [5.74, 6) is -1.65. The number of hydrogen-bond donors (Lipinski definition) is 3. The number of anilines is 1. The summed E-state index contributed by atoms with van der Waals surface area (Å²) in [4.78, 5) is 23.4. The third-order valence-electron chi connectivity index (χ3n) is 4.05. The van der Waals surface area contributed by atoms with Gasteiger partial charge in [-0.05, 0) is 43.5 Å². The Hall–Kier alpha value is -1.95. The minimum absolute atomic E-state index is 0.132. The van der Waals surface area contributed by atoms with E-state index in [-0.39, 0.29) is 23.3 Å². The number of nitrogens with one attached hydrogen (secondary N) is 1. The Morgan fingerprint density at radius 3 is 2.67 bits per heavy atom. The van der Waals surface area contributed by atoms with Crippen LogP contribution in [0.15, 0.2) is 18.2 Å². The number of hydrogen-bond acceptors (Lipinski definition) is 3. The lowest BCUT2D eigenvalue weighted by Gasteiger charge is -2.29. The van der Waals surface area contributed by atoms with E-state index in [0.29, 0.717) is 12.2 Å². The van der Waals surface area contributed by atoms with E-state index in [1.807, 2.05) is 0 Å². The van der Waals surface area contributed by atoms with E-state index >= 15 is 0 Å². The predicted molar refractivity (Wildman–Crippen MR) is 78.1 cm³/mol. The summed E-state index contributed by atoms with van der Waals surface area (Å²) >= 11 is 0. The summed E-state index contributed by atoms with van der Waals surface area (Å²) in [5, 5.41) is 2.73. The highest BCUT2D eigenvalue weighted by Crippen LogP contribution is 2.30. The first kappa shape index (κ1) is 15.4. The van der Waals surface area contributed by atoms with Gasteiger partial charge in [-0.3, -0.25) is 9.59 Å². The van der Waals surface area contributed by atoms with Crippen molar-refractivity contribution in [3.8, 4) is 0 Å². The Morgan fingerprint density at radius 2 is 2.00 bits per heavy atom. The van der Waals surface area contributed by atoms with Gasteiger partial charge in [-0.2, -0.15) is 0 Å². The number of primary amides is 1. The van der Waals surface area contributed by atoms with Crippen molar-refractivity contribution in [2.45, 2.75) is 25.7 Å². The average Bonchev–Trinajstić information content (AvgIpc) is 2.48. The van der Waals surface area contributed by atoms with E-state index in [4.69, 9.17) is 11.5 Å². The van der Waals surface area contributed by atoms with Crippen molar-refractivity contribution in [3.05, 3.63) is 29.6 Å². The highest BCUT2D eigenvalue weighted by atomic mass is 19.1. The third-order valence-corrected chi connectivity index (χ3v) is 4.05. The molecule has 0 heterocycles. The predicted octanol–water partition coefficient (Wildman–Crippen LogP) is 1.63. The molecule has 0 aromatic heterocycles. The van der Waals surface area contributed by atoms with Gasteiger partial charge in [0.15, 0.2) is 0 Å². The molecule has 1 aromatic rings. The van der Waals surface area contributed by atoms with E-state index < -0.39 is 11.7 Å². The number of rotatable bonds is 4. The van der Waals surface area contributed by atoms with E-state index in [1.54, 1.807) is 0 Å². The third kappa shape index (κ3) is 3.58. The van der Waals surface area contributed by atoms with Crippen molar-refractivity contribution in [1.82, 2.24) is 0 Å². The molecule has 1 aromatic carbocycles. The van der Waals surface area contributed by atoms with Crippen molar-refractivity contribution in [3.63, 3.8) is 0 Å². The van der Waals surface area contributed by atoms with Gasteiger partial charge in [-0.1, -0.05) is 12.8 Å². The minimum Gasteiger partial charge on any atom is -0.366 e. The first-order valence-electron chi connectivity index (χ1n) is 7.13. The Morgan fingerprint density at radius 1 is 1.29 bits per heavy atom. The van der Waals surface area contributed by atoms with Gasteiger partial charge < -0.3 is 16.8 Å². The molecule has 0 saturated heterocycles. The van der Waals surface area contributed by atoms with Crippen LogP contribution in [0, 0.1) is 17.7 Å². The Labute approximate surface area is 122 Å². The SMILES string of the molecule is NCC1CCCCC1C(=O)Nc1ccc(F)c(C(N)=O)c1. The lowest BCUT2D eigenvalue weighted by molar-refractivity contribution is -0.122. The first-order valence-corrected chi connectivity index (χ1v) is 7.13. The number of benzene rings is 1. The lowest BCUT2D eigenvalue weighted by atomic mass is 9.78. The zero-order valence-electron chi connectivity index (χ0n) is 11.8. The minimum atomic E-state index is -0.860. The van der Waals surface area contributed by atoms with Crippen LogP contribution in [0.1, 0.15) is 36.0 Å². The molecule has 2 amide bonds. The molecule has 0 aliphatic heterocycles. The maximum absolute atomic E-state index is 13.4. The second-order valence-corrected chi connectivity index (χ2v) is 5.43. The molecule has 5 N–H and O–H groups in total. The molecule has 1 saturated carbocycles. The van der Waals surface area contributed by atoms with Crippen LogP contribution in [0.25, 0.3) is 0 Å². The average molecular weight is 293 g/mol. The molecule has 1 aliphatic carbocycles.